The van der Waals surface area contributed by atoms with Crippen LogP contribution in [0.1, 0.15) is 28.8 Å². The lowest BCUT2D eigenvalue weighted by Gasteiger charge is -2.08. The van der Waals surface area contributed by atoms with Crippen molar-refractivity contribution in [1.82, 2.24) is 9.97 Å². The van der Waals surface area contributed by atoms with E-state index >= 15 is 0 Å². The summed E-state index contributed by atoms with van der Waals surface area (Å²) >= 11 is 1.40. The number of aromatic hydroxyl groups is 1. The number of aromatic amines is 1. The minimum Gasteiger partial charge on any atom is -0.504 e. The van der Waals surface area contributed by atoms with E-state index in [1.807, 2.05) is 13.8 Å². The second-order valence-corrected chi connectivity index (χ2v) is 7.29. The molecule has 0 saturated heterocycles. The normalized spacial score (nSPS) is 11.6. The van der Waals surface area contributed by atoms with E-state index in [9.17, 15) is 14.7 Å². The highest BCUT2D eigenvalue weighted by molar-refractivity contribution is 7.18. The number of fused-ring (bicyclic) bond motifs is 1. The molecule has 0 amide bonds. The zero-order valence-corrected chi connectivity index (χ0v) is 16.8. The predicted octanol–water partition coefficient (Wildman–Crippen LogP) is 3.42. The summed E-state index contributed by atoms with van der Waals surface area (Å²) in [6, 6.07) is 4.71. The molecule has 0 aliphatic carbocycles. The number of rotatable bonds is 5. The fourth-order valence-electron chi connectivity index (χ4n) is 2.78. The largest absolute Gasteiger partial charge is 0.504 e. The molecule has 0 bridgehead atoms. The number of thiophene rings is 1. The zero-order valence-electron chi connectivity index (χ0n) is 16.0. The van der Waals surface area contributed by atoms with Gasteiger partial charge in [-0.3, -0.25) is 4.79 Å². The number of aromatic nitrogens is 2. The van der Waals surface area contributed by atoms with Gasteiger partial charge in [0.15, 0.2) is 11.5 Å². The average molecular weight is 400 g/mol. The number of carbonyl (C=O) groups is 1. The lowest BCUT2D eigenvalue weighted by molar-refractivity contribution is -0.136. The van der Waals surface area contributed by atoms with Crippen LogP contribution in [-0.4, -0.2) is 34.8 Å². The number of ether oxygens (including phenoxy) is 2. The summed E-state index contributed by atoms with van der Waals surface area (Å²) < 4.78 is 10.2. The Hall–Kier alpha value is -3.13. The van der Waals surface area contributed by atoms with Gasteiger partial charge in [0.2, 0.25) is 0 Å². The van der Waals surface area contributed by atoms with Gasteiger partial charge < -0.3 is 19.6 Å². The second kappa shape index (κ2) is 7.85. The van der Waals surface area contributed by atoms with E-state index in [4.69, 9.17) is 9.47 Å². The van der Waals surface area contributed by atoms with Crippen molar-refractivity contribution in [2.24, 2.45) is 0 Å². The van der Waals surface area contributed by atoms with Crippen LogP contribution in [0.5, 0.6) is 11.5 Å². The zero-order chi connectivity index (χ0) is 20.4. The molecule has 146 valence electrons. The number of methoxy groups -OCH3 is 1. The van der Waals surface area contributed by atoms with Crippen molar-refractivity contribution < 1.29 is 19.4 Å². The molecule has 0 radical (unpaired) electrons. The molecule has 0 unspecified atom stereocenters. The van der Waals surface area contributed by atoms with Crippen LogP contribution < -0.4 is 10.3 Å². The molecule has 3 aromatic rings. The molecule has 0 spiro atoms. The molecule has 0 aliphatic rings. The number of esters is 1. The summed E-state index contributed by atoms with van der Waals surface area (Å²) in [7, 11) is 1.45. The van der Waals surface area contributed by atoms with E-state index in [2.05, 4.69) is 9.97 Å². The molecule has 0 atom stereocenters. The highest BCUT2D eigenvalue weighted by Gasteiger charge is 2.20. The second-order valence-electron chi connectivity index (χ2n) is 6.09. The number of nitrogens with zero attached hydrogens (tertiary/aromatic N) is 1. The number of benzene rings is 1. The third-order valence-corrected chi connectivity index (χ3v) is 5.40. The molecule has 28 heavy (non-hydrogen) atoms. The van der Waals surface area contributed by atoms with E-state index < -0.39 is 5.97 Å². The quantitative estimate of drug-likeness (QED) is 0.503. The Labute approximate surface area is 165 Å². The summed E-state index contributed by atoms with van der Waals surface area (Å²) in [5.74, 6) is -0.258. The number of phenols is 1. The van der Waals surface area contributed by atoms with Crippen molar-refractivity contribution >= 4 is 39.2 Å². The smallest absolute Gasteiger partial charge is 0.341 e. The highest BCUT2D eigenvalue weighted by Crippen LogP contribution is 2.30. The maximum Gasteiger partial charge on any atom is 0.341 e. The van der Waals surface area contributed by atoms with Crippen LogP contribution in [0.25, 0.3) is 21.9 Å². The van der Waals surface area contributed by atoms with Gasteiger partial charge in [0, 0.05) is 4.88 Å². The van der Waals surface area contributed by atoms with Gasteiger partial charge in [-0.1, -0.05) is 6.07 Å². The number of aryl methyl sites for hydroxylation is 2. The topological polar surface area (TPSA) is 102 Å². The molecular weight excluding hydrogens is 380 g/mol. The number of hydrogen-bond donors (Lipinski definition) is 2. The minimum absolute atomic E-state index is 0.0686. The van der Waals surface area contributed by atoms with E-state index in [1.165, 1.54) is 30.6 Å². The number of H-pyrrole nitrogens is 1. The number of nitrogens with one attached hydrogen (secondary N) is 1. The van der Waals surface area contributed by atoms with Crippen LogP contribution in [0.2, 0.25) is 0 Å². The van der Waals surface area contributed by atoms with Gasteiger partial charge in [0.1, 0.15) is 16.2 Å². The molecule has 0 aliphatic heterocycles. The SMILES string of the molecule is CCOC(=O)/C(=C\c1ccc(OC)c(O)c1)c1nc2sc(C)c(C)c2c(=O)[nH]1. The van der Waals surface area contributed by atoms with Crippen LogP contribution in [0.4, 0.5) is 0 Å². The Bertz CT molecular complexity index is 1140. The average Bonchev–Trinajstić information content (AvgIpc) is 2.94. The minimum atomic E-state index is -0.620. The molecular formula is C20H20N2O5S. The molecule has 2 N–H and O–H groups in total. The monoisotopic (exact) mass is 400 g/mol. The van der Waals surface area contributed by atoms with Gasteiger partial charge in [-0.05, 0) is 50.1 Å². The Balaban J connectivity index is 2.18. The standard InChI is InChI=1S/C20H20N2O5S/c1-5-27-20(25)13(8-12-6-7-15(26-4)14(23)9-12)17-21-18(24)16-10(2)11(3)28-19(16)22-17/h6-9,23H,5H2,1-4H3,(H,21,22,24)/b13-8-. The van der Waals surface area contributed by atoms with Crippen molar-refractivity contribution in [3.8, 4) is 11.5 Å². The fourth-order valence-corrected chi connectivity index (χ4v) is 3.81. The highest BCUT2D eigenvalue weighted by atomic mass is 32.1. The summed E-state index contributed by atoms with van der Waals surface area (Å²) in [6.45, 7) is 5.66. The van der Waals surface area contributed by atoms with Gasteiger partial charge in [-0.25, -0.2) is 9.78 Å². The van der Waals surface area contributed by atoms with Gasteiger partial charge >= 0.3 is 5.97 Å². The summed E-state index contributed by atoms with van der Waals surface area (Å²) in [6.07, 6.45) is 1.51. The number of carbonyl (C=O) groups excluding carboxylic acids is 1. The molecule has 8 heteroatoms. The lowest BCUT2D eigenvalue weighted by Crippen LogP contribution is -2.15. The van der Waals surface area contributed by atoms with Crippen molar-refractivity contribution in [2.75, 3.05) is 13.7 Å². The van der Waals surface area contributed by atoms with Crippen LogP contribution in [0, 0.1) is 13.8 Å². The maximum absolute atomic E-state index is 12.6. The van der Waals surface area contributed by atoms with Crippen LogP contribution in [-0.2, 0) is 9.53 Å². The first-order valence-electron chi connectivity index (χ1n) is 8.61. The van der Waals surface area contributed by atoms with Gasteiger partial charge in [-0.15, -0.1) is 11.3 Å². The molecule has 2 aromatic heterocycles. The van der Waals surface area contributed by atoms with E-state index in [0.717, 1.165) is 10.4 Å². The Morgan fingerprint density at radius 3 is 2.75 bits per heavy atom. The molecule has 3 rings (SSSR count). The summed E-state index contributed by atoms with van der Waals surface area (Å²) in [5.41, 5.74) is 1.19. The van der Waals surface area contributed by atoms with Crippen molar-refractivity contribution in [3.05, 3.63) is 50.4 Å². The van der Waals surface area contributed by atoms with Gasteiger partial charge in [-0.2, -0.15) is 0 Å². The number of hydrogen-bond acceptors (Lipinski definition) is 7. The molecule has 2 heterocycles. The van der Waals surface area contributed by atoms with Crippen molar-refractivity contribution in [3.63, 3.8) is 0 Å². The third kappa shape index (κ3) is 3.63. The first-order chi connectivity index (χ1) is 13.3. The number of phenolic OH excluding ortho intramolecular Hbond substituents is 1. The van der Waals surface area contributed by atoms with Crippen LogP contribution in [0.15, 0.2) is 23.0 Å². The molecule has 0 saturated carbocycles. The van der Waals surface area contributed by atoms with Gasteiger partial charge in [0.05, 0.1) is 19.1 Å². The maximum atomic E-state index is 12.6. The van der Waals surface area contributed by atoms with Crippen LogP contribution in [0.3, 0.4) is 0 Å². The van der Waals surface area contributed by atoms with Crippen molar-refractivity contribution in [2.45, 2.75) is 20.8 Å². The Morgan fingerprint density at radius 2 is 2.11 bits per heavy atom. The summed E-state index contributed by atoms with van der Waals surface area (Å²) in [5, 5.41) is 10.5. The van der Waals surface area contributed by atoms with Gasteiger partial charge in [0.25, 0.3) is 5.56 Å². The van der Waals surface area contributed by atoms with Crippen LogP contribution >= 0.6 is 11.3 Å². The first-order valence-corrected chi connectivity index (χ1v) is 9.43. The first kappa shape index (κ1) is 19.6. The molecule has 7 nitrogen and oxygen atoms in total. The predicted molar refractivity (Wildman–Crippen MR) is 109 cm³/mol. The van der Waals surface area contributed by atoms with Crippen molar-refractivity contribution in [1.29, 1.82) is 0 Å². The third-order valence-electron chi connectivity index (χ3n) is 4.30. The Morgan fingerprint density at radius 1 is 1.36 bits per heavy atom. The lowest BCUT2D eigenvalue weighted by atomic mass is 10.1. The fraction of sp³-hybridized carbons (Fsp3) is 0.250. The molecule has 0 fully saturated rings. The summed E-state index contributed by atoms with van der Waals surface area (Å²) in [4.78, 5) is 33.8. The van der Waals surface area contributed by atoms with E-state index in [-0.39, 0.29) is 29.3 Å². The Kier molecular flexibility index (Phi) is 5.51. The molecule has 1 aromatic carbocycles. The van der Waals surface area contributed by atoms with E-state index in [0.29, 0.717) is 21.5 Å². The van der Waals surface area contributed by atoms with E-state index in [1.54, 1.807) is 19.1 Å².